The Morgan fingerprint density at radius 1 is 1.15 bits per heavy atom. The van der Waals surface area contributed by atoms with Crippen LogP contribution in [0.2, 0.25) is 0 Å². The molecule has 0 unspecified atom stereocenters. The molecule has 0 N–H and O–H groups in total. The molecular formula is C16H13FO3. The van der Waals surface area contributed by atoms with Gasteiger partial charge in [0.15, 0.2) is 11.6 Å². The molecule has 0 heterocycles. The van der Waals surface area contributed by atoms with Gasteiger partial charge >= 0.3 is 5.97 Å². The molecule has 0 bridgehead atoms. The summed E-state index contributed by atoms with van der Waals surface area (Å²) in [6.07, 6.45) is 2.79. The molecule has 20 heavy (non-hydrogen) atoms. The average molecular weight is 272 g/mol. The predicted octanol–water partition coefficient (Wildman–Crippen LogP) is 3.80. The predicted molar refractivity (Wildman–Crippen MR) is 74.0 cm³/mol. The lowest BCUT2D eigenvalue weighted by atomic mass is 10.2. The minimum atomic E-state index is -0.472. The number of rotatable bonds is 4. The van der Waals surface area contributed by atoms with Gasteiger partial charge in [-0.25, -0.2) is 9.18 Å². The molecule has 0 aromatic heterocycles. The second-order valence-electron chi connectivity index (χ2n) is 3.96. The molecule has 2 rings (SSSR count). The highest BCUT2D eigenvalue weighted by molar-refractivity contribution is 5.86. The zero-order chi connectivity index (χ0) is 14.4. The van der Waals surface area contributed by atoms with Crippen LogP contribution < -0.4 is 4.74 Å². The first-order valence-electron chi connectivity index (χ1n) is 5.97. The molecule has 0 fully saturated rings. The maximum Gasteiger partial charge on any atom is 0.330 e. The van der Waals surface area contributed by atoms with E-state index in [1.54, 1.807) is 30.3 Å². The number of methoxy groups -OCH3 is 1. The number of hydrogen-bond acceptors (Lipinski definition) is 3. The van der Waals surface area contributed by atoms with Crippen LogP contribution in [0.3, 0.4) is 0 Å². The third kappa shape index (κ3) is 3.68. The normalized spacial score (nSPS) is 10.5. The second kappa shape index (κ2) is 6.52. The highest BCUT2D eigenvalue weighted by Crippen LogP contribution is 2.25. The molecule has 0 saturated carbocycles. The number of para-hydroxylation sites is 1. The van der Waals surface area contributed by atoms with E-state index < -0.39 is 11.8 Å². The van der Waals surface area contributed by atoms with Crippen molar-refractivity contribution in [3.63, 3.8) is 0 Å². The van der Waals surface area contributed by atoms with Crippen molar-refractivity contribution in [3.05, 3.63) is 66.0 Å². The van der Waals surface area contributed by atoms with Gasteiger partial charge in [0.1, 0.15) is 5.75 Å². The monoisotopic (exact) mass is 272 g/mol. The van der Waals surface area contributed by atoms with Gasteiger partial charge in [0, 0.05) is 6.08 Å². The Hall–Kier alpha value is -2.62. The van der Waals surface area contributed by atoms with Gasteiger partial charge in [-0.2, -0.15) is 0 Å². The van der Waals surface area contributed by atoms with Crippen molar-refractivity contribution >= 4 is 12.0 Å². The molecule has 0 saturated heterocycles. The number of hydrogen-bond donors (Lipinski definition) is 0. The van der Waals surface area contributed by atoms with E-state index in [-0.39, 0.29) is 5.75 Å². The Kier molecular flexibility index (Phi) is 4.50. The Morgan fingerprint density at radius 3 is 2.60 bits per heavy atom. The summed E-state index contributed by atoms with van der Waals surface area (Å²) < 4.78 is 23.6. The van der Waals surface area contributed by atoms with Crippen molar-refractivity contribution in [2.24, 2.45) is 0 Å². The first-order valence-corrected chi connectivity index (χ1v) is 5.97. The van der Waals surface area contributed by atoms with Gasteiger partial charge in [0.2, 0.25) is 0 Å². The molecule has 0 aliphatic rings. The minimum Gasteiger partial charge on any atom is -0.466 e. The molecule has 4 heteroatoms. The highest BCUT2D eigenvalue weighted by atomic mass is 19.1. The van der Waals surface area contributed by atoms with Gasteiger partial charge in [-0.3, -0.25) is 0 Å². The highest BCUT2D eigenvalue weighted by Gasteiger charge is 2.05. The van der Waals surface area contributed by atoms with E-state index in [0.29, 0.717) is 11.3 Å². The van der Waals surface area contributed by atoms with Crippen molar-refractivity contribution in [2.75, 3.05) is 7.11 Å². The van der Waals surface area contributed by atoms with Crippen LogP contribution in [-0.4, -0.2) is 13.1 Å². The Morgan fingerprint density at radius 2 is 1.90 bits per heavy atom. The van der Waals surface area contributed by atoms with Gasteiger partial charge in [0.25, 0.3) is 0 Å². The first kappa shape index (κ1) is 13.8. The fourth-order valence-electron chi connectivity index (χ4n) is 1.55. The zero-order valence-corrected chi connectivity index (χ0v) is 10.9. The molecular weight excluding hydrogens is 259 g/mol. The first-order chi connectivity index (χ1) is 9.69. The number of halogens is 1. The second-order valence-corrected chi connectivity index (χ2v) is 3.96. The zero-order valence-electron chi connectivity index (χ0n) is 10.9. The largest absolute Gasteiger partial charge is 0.466 e. The van der Waals surface area contributed by atoms with Crippen molar-refractivity contribution in [1.29, 1.82) is 0 Å². The summed E-state index contributed by atoms with van der Waals surface area (Å²) in [6.45, 7) is 0. The molecule has 0 aliphatic carbocycles. The Balaban J connectivity index is 2.21. The lowest BCUT2D eigenvalue weighted by molar-refractivity contribution is -0.134. The maximum atomic E-state index is 13.7. The minimum absolute atomic E-state index is 0.100. The van der Waals surface area contributed by atoms with Crippen LogP contribution in [0.5, 0.6) is 11.5 Å². The number of esters is 1. The van der Waals surface area contributed by atoms with Crippen molar-refractivity contribution in [2.45, 2.75) is 0 Å². The summed E-state index contributed by atoms with van der Waals surface area (Å²) >= 11 is 0. The molecule has 102 valence electrons. The van der Waals surface area contributed by atoms with E-state index in [2.05, 4.69) is 4.74 Å². The Labute approximate surface area is 116 Å². The summed E-state index contributed by atoms with van der Waals surface area (Å²) in [5, 5.41) is 0. The van der Waals surface area contributed by atoms with E-state index in [9.17, 15) is 9.18 Å². The summed E-state index contributed by atoms with van der Waals surface area (Å²) in [5.74, 6) is -0.298. The van der Waals surface area contributed by atoms with Gasteiger partial charge in [-0.05, 0) is 35.9 Å². The smallest absolute Gasteiger partial charge is 0.330 e. The van der Waals surface area contributed by atoms with E-state index in [4.69, 9.17) is 4.74 Å². The van der Waals surface area contributed by atoms with Crippen LogP contribution in [0.25, 0.3) is 6.08 Å². The Bertz CT molecular complexity index is 621. The number of carbonyl (C=O) groups is 1. The van der Waals surface area contributed by atoms with E-state index >= 15 is 0 Å². The van der Waals surface area contributed by atoms with Crippen LogP contribution in [0.15, 0.2) is 54.6 Å². The quantitative estimate of drug-likeness (QED) is 0.627. The van der Waals surface area contributed by atoms with Crippen LogP contribution >= 0.6 is 0 Å². The molecule has 0 radical (unpaired) electrons. The molecule has 0 aliphatic heterocycles. The SMILES string of the molecule is COC(=O)/C=C/c1ccc(F)c(Oc2ccccc2)c1. The maximum absolute atomic E-state index is 13.7. The third-order valence-corrected chi connectivity index (χ3v) is 2.54. The summed E-state index contributed by atoms with van der Waals surface area (Å²) in [5.41, 5.74) is 0.641. The fraction of sp³-hybridized carbons (Fsp3) is 0.0625. The number of benzene rings is 2. The van der Waals surface area contributed by atoms with Gasteiger partial charge in [0.05, 0.1) is 7.11 Å². The molecule has 3 nitrogen and oxygen atoms in total. The van der Waals surface area contributed by atoms with Crippen LogP contribution in [0, 0.1) is 5.82 Å². The molecule has 0 amide bonds. The topological polar surface area (TPSA) is 35.5 Å². The molecule has 0 atom stereocenters. The summed E-state index contributed by atoms with van der Waals surface area (Å²) in [6, 6.07) is 13.3. The molecule has 0 spiro atoms. The number of ether oxygens (including phenoxy) is 2. The lowest BCUT2D eigenvalue weighted by Gasteiger charge is -2.07. The number of carbonyl (C=O) groups excluding carboxylic acids is 1. The molecule has 2 aromatic rings. The van der Waals surface area contributed by atoms with Crippen LogP contribution in [0.4, 0.5) is 4.39 Å². The van der Waals surface area contributed by atoms with Gasteiger partial charge in [-0.15, -0.1) is 0 Å². The lowest BCUT2D eigenvalue weighted by Crippen LogP contribution is -1.93. The van der Waals surface area contributed by atoms with Crippen LogP contribution in [-0.2, 0) is 9.53 Å². The third-order valence-electron chi connectivity index (χ3n) is 2.54. The van der Waals surface area contributed by atoms with Crippen LogP contribution in [0.1, 0.15) is 5.56 Å². The standard InChI is InChI=1S/C16H13FO3/c1-19-16(18)10-8-12-7-9-14(17)15(11-12)20-13-5-3-2-4-6-13/h2-11H,1H3/b10-8+. The van der Waals surface area contributed by atoms with Crippen molar-refractivity contribution < 1.29 is 18.7 Å². The summed E-state index contributed by atoms with van der Waals surface area (Å²) in [7, 11) is 1.29. The van der Waals surface area contributed by atoms with Gasteiger partial charge < -0.3 is 9.47 Å². The van der Waals surface area contributed by atoms with Gasteiger partial charge in [-0.1, -0.05) is 24.3 Å². The molecule has 2 aromatic carbocycles. The van der Waals surface area contributed by atoms with E-state index in [1.165, 1.54) is 31.4 Å². The van der Waals surface area contributed by atoms with Crippen molar-refractivity contribution in [1.82, 2.24) is 0 Å². The average Bonchev–Trinajstić information content (AvgIpc) is 2.48. The fourth-order valence-corrected chi connectivity index (χ4v) is 1.55. The van der Waals surface area contributed by atoms with E-state index in [1.807, 2.05) is 6.07 Å². The van der Waals surface area contributed by atoms with E-state index in [0.717, 1.165) is 0 Å². The summed E-state index contributed by atoms with van der Waals surface area (Å²) in [4.78, 5) is 11.0. The van der Waals surface area contributed by atoms with Crippen molar-refractivity contribution in [3.8, 4) is 11.5 Å².